The van der Waals surface area contributed by atoms with Crippen LogP contribution in [-0.2, 0) is 6.54 Å². The molecule has 26 heavy (non-hydrogen) atoms. The Morgan fingerprint density at radius 1 is 1.27 bits per heavy atom. The van der Waals surface area contributed by atoms with Gasteiger partial charge in [-0.1, -0.05) is 11.3 Å². The predicted molar refractivity (Wildman–Crippen MR) is 100.0 cm³/mol. The molecule has 0 saturated carbocycles. The maximum atomic E-state index is 4.63. The topological polar surface area (TPSA) is 93.8 Å². The Bertz CT molecular complexity index is 1130. The fourth-order valence-corrected chi connectivity index (χ4v) is 2.86. The van der Waals surface area contributed by atoms with Crippen molar-refractivity contribution >= 4 is 27.9 Å². The summed E-state index contributed by atoms with van der Waals surface area (Å²) in [5, 5.41) is 13.6. The van der Waals surface area contributed by atoms with Crippen LogP contribution >= 0.6 is 0 Å². The van der Waals surface area contributed by atoms with Crippen molar-refractivity contribution in [1.82, 2.24) is 35.4 Å². The molecule has 8 heteroatoms. The molecule has 1 N–H and O–H groups in total. The van der Waals surface area contributed by atoms with Crippen molar-refractivity contribution in [2.24, 2.45) is 5.10 Å². The van der Waals surface area contributed by atoms with Gasteiger partial charge < -0.3 is 5.43 Å². The minimum atomic E-state index is 0.520. The Labute approximate surface area is 150 Å². The average molecular weight is 346 g/mol. The third-order valence-corrected chi connectivity index (χ3v) is 4.26. The van der Waals surface area contributed by atoms with Crippen LogP contribution in [0.4, 0.5) is 0 Å². The highest BCUT2D eigenvalue weighted by Gasteiger charge is 2.12. The van der Waals surface area contributed by atoms with E-state index in [-0.39, 0.29) is 0 Å². The largest absolute Gasteiger partial charge is 0.313 e. The van der Waals surface area contributed by atoms with E-state index in [4.69, 9.17) is 0 Å². The monoisotopic (exact) mass is 346 g/mol. The number of pyridine rings is 1. The van der Waals surface area contributed by atoms with Gasteiger partial charge in [-0.05, 0) is 43.2 Å². The quantitative estimate of drug-likeness (QED) is 0.449. The molecule has 8 nitrogen and oxygen atoms in total. The second kappa shape index (κ2) is 6.47. The predicted octanol–water partition coefficient (Wildman–Crippen LogP) is 2.07. The number of hydrazone groups is 1. The van der Waals surface area contributed by atoms with Gasteiger partial charge in [-0.25, -0.2) is 14.6 Å². The molecular formula is C18H18N8. The van der Waals surface area contributed by atoms with Gasteiger partial charge in [0.05, 0.1) is 24.0 Å². The maximum absolute atomic E-state index is 4.63. The molecule has 0 aliphatic heterocycles. The van der Waals surface area contributed by atoms with E-state index in [1.807, 2.05) is 13.0 Å². The SMILES string of the molecule is CN/N=C(\C)c1cnc2nnn(Cc3cc4cccnc4cc3C)c2n1. The summed E-state index contributed by atoms with van der Waals surface area (Å²) in [5.74, 6) is 0. The second-order valence-electron chi connectivity index (χ2n) is 6.05. The van der Waals surface area contributed by atoms with E-state index in [2.05, 4.69) is 60.9 Å². The minimum Gasteiger partial charge on any atom is -0.313 e. The van der Waals surface area contributed by atoms with E-state index in [9.17, 15) is 0 Å². The van der Waals surface area contributed by atoms with Crippen molar-refractivity contribution in [2.45, 2.75) is 20.4 Å². The molecule has 4 aromatic rings. The van der Waals surface area contributed by atoms with E-state index < -0.39 is 0 Å². The normalized spacial score (nSPS) is 12.0. The number of nitrogens with one attached hydrogen (secondary N) is 1. The van der Waals surface area contributed by atoms with Gasteiger partial charge in [0.1, 0.15) is 5.69 Å². The van der Waals surface area contributed by atoms with E-state index in [1.165, 1.54) is 0 Å². The Hall–Kier alpha value is -3.42. The third-order valence-electron chi connectivity index (χ3n) is 4.26. The molecule has 130 valence electrons. The van der Waals surface area contributed by atoms with Crippen LogP contribution in [0.5, 0.6) is 0 Å². The lowest BCUT2D eigenvalue weighted by atomic mass is 10.1. The first-order valence-corrected chi connectivity index (χ1v) is 8.27. The molecule has 0 spiro atoms. The molecule has 0 aliphatic carbocycles. The van der Waals surface area contributed by atoms with Gasteiger partial charge in [0.25, 0.3) is 0 Å². The van der Waals surface area contributed by atoms with E-state index in [0.717, 1.165) is 27.7 Å². The van der Waals surface area contributed by atoms with Crippen LogP contribution in [0.1, 0.15) is 23.7 Å². The Morgan fingerprint density at radius 3 is 3.00 bits per heavy atom. The molecular weight excluding hydrogens is 328 g/mol. The van der Waals surface area contributed by atoms with Gasteiger partial charge in [0.15, 0.2) is 5.65 Å². The van der Waals surface area contributed by atoms with Crippen LogP contribution in [0.25, 0.3) is 22.2 Å². The fraction of sp³-hybridized carbons (Fsp3) is 0.222. The van der Waals surface area contributed by atoms with Gasteiger partial charge in [-0.15, -0.1) is 5.10 Å². The lowest BCUT2D eigenvalue weighted by Crippen LogP contribution is -2.09. The minimum absolute atomic E-state index is 0.520. The van der Waals surface area contributed by atoms with Crippen molar-refractivity contribution in [3.8, 4) is 0 Å². The summed E-state index contributed by atoms with van der Waals surface area (Å²) < 4.78 is 1.77. The highest BCUT2D eigenvalue weighted by molar-refractivity contribution is 5.97. The Morgan fingerprint density at radius 2 is 2.15 bits per heavy atom. The number of nitrogens with zero attached hydrogens (tertiary/aromatic N) is 7. The summed E-state index contributed by atoms with van der Waals surface area (Å²) in [7, 11) is 1.75. The molecule has 0 radical (unpaired) electrons. The number of rotatable bonds is 4. The smallest absolute Gasteiger partial charge is 0.221 e. The van der Waals surface area contributed by atoms with Crippen LogP contribution in [0, 0.1) is 6.92 Å². The van der Waals surface area contributed by atoms with Gasteiger partial charge in [0, 0.05) is 18.6 Å². The molecule has 0 aliphatic rings. The average Bonchev–Trinajstić information content (AvgIpc) is 3.04. The zero-order valence-corrected chi connectivity index (χ0v) is 14.8. The summed E-state index contributed by atoms with van der Waals surface area (Å²) in [6.07, 6.45) is 3.46. The van der Waals surface area contributed by atoms with E-state index >= 15 is 0 Å². The lowest BCUT2D eigenvalue weighted by Gasteiger charge is -2.08. The van der Waals surface area contributed by atoms with Crippen LogP contribution in [-0.4, -0.2) is 42.7 Å². The van der Waals surface area contributed by atoms with Crippen LogP contribution < -0.4 is 5.43 Å². The number of fused-ring (bicyclic) bond motifs is 2. The lowest BCUT2D eigenvalue weighted by molar-refractivity contribution is 0.662. The van der Waals surface area contributed by atoms with Gasteiger partial charge in [-0.3, -0.25) is 4.98 Å². The summed E-state index contributed by atoms with van der Waals surface area (Å²) in [4.78, 5) is 13.4. The number of aryl methyl sites for hydroxylation is 1. The standard InChI is InChI=1S/C18H18N8/c1-11-7-15-13(5-4-6-20-15)8-14(11)10-26-18-17(24-25-26)21-9-16(22-18)12(2)23-19-3/h4-9,19H,10H2,1-3H3/b23-12+. The van der Waals surface area contributed by atoms with Crippen molar-refractivity contribution in [3.63, 3.8) is 0 Å². The zero-order chi connectivity index (χ0) is 18.1. The van der Waals surface area contributed by atoms with Crippen LogP contribution in [0.15, 0.2) is 41.8 Å². The van der Waals surface area contributed by atoms with Crippen molar-refractivity contribution in [2.75, 3.05) is 7.05 Å². The number of benzene rings is 1. The van der Waals surface area contributed by atoms with Crippen molar-refractivity contribution in [3.05, 3.63) is 53.5 Å². The third kappa shape index (κ3) is 2.85. The van der Waals surface area contributed by atoms with Gasteiger partial charge in [0.2, 0.25) is 5.65 Å². The molecule has 0 fully saturated rings. The number of hydrogen-bond acceptors (Lipinski definition) is 7. The summed E-state index contributed by atoms with van der Waals surface area (Å²) >= 11 is 0. The first-order chi connectivity index (χ1) is 12.7. The number of hydrogen-bond donors (Lipinski definition) is 1. The molecule has 1 aromatic carbocycles. The molecule has 0 atom stereocenters. The van der Waals surface area contributed by atoms with Crippen LogP contribution in [0.2, 0.25) is 0 Å². The molecule has 3 heterocycles. The molecule has 0 saturated heterocycles. The van der Waals surface area contributed by atoms with Gasteiger partial charge >= 0.3 is 0 Å². The highest BCUT2D eigenvalue weighted by Crippen LogP contribution is 2.19. The molecule has 0 amide bonds. The summed E-state index contributed by atoms with van der Waals surface area (Å²) in [5.41, 5.74) is 8.64. The Kier molecular flexibility index (Phi) is 4.00. The molecule has 4 rings (SSSR count). The van der Waals surface area contributed by atoms with Crippen molar-refractivity contribution in [1.29, 1.82) is 0 Å². The van der Waals surface area contributed by atoms with Gasteiger partial charge in [-0.2, -0.15) is 5.10 Å². The summed E-state index contributed by atoms with van der Waals surface area (Å²) in [6, 6.07) is 8.22. The van der Waals surface area contributed by atoms with E-state index in [0.29, 0.717) is 23.5 Å². The van der Waals surface area contributed by atoms with E-state index in [1.54, 1.807) is 24.1 Å². The molecule has 0 unspecified atom stereocenters. The van der Waals surface area contributed by atoms with Crippen LogP contribution in [0.3, 0.4) is 0 Å². The highest BCUT2D eigenvalue weighted by atomic mass is 15.5. The zero-order valence-electron chi connectivity index (χ0n) is 14.8. The second-order valence-corrected chi connectivity index (χ2v) is 6.05. The summed E-state index contributed by atoms with van der Waals surface area (Å²) in [6.45, 7) is 4.51. The Balaban J connectivity index is 1.76. The first-order valence-electron chi connectivity index (χ1n) is 8.27. The molecule has 0 bridgehead atoms. The van der Waals surface area contributed by atoms with Crippen molar-refractivity contribution < 1.29 is 0 Å². The number of aromatic nitrogens is 6. The maximum Gasteiger partial charge on any atom is 0.221 e. The fourth-order valence-electron chi connectivity index (χ4n) is 2.86. The molecule has 3 aromatic heterocycles. The first kappa shape index (κ1) is 16.1.